The summed E-state index contributed by atoms with van der Waals surface area (Å²) in [5.41, 5.74) is 0.198. The number of benzene rings is 1. The SMILES string of the molecule is CC(c1nnnn1C)N1CCN(c2ccc(C(F)(F)F)cc2)CC1. The molecular formula is C15H19F3N6. The second-order valence-corrected chi connectivity index (χ2v) is 5.90. The van der Waals surface area contributed by atoms with Gasteiger partial charge in [0.25, 0.3) is 0 Å². The number of hydrogen-bond donors (Lipinski definition) is 0. The molecule has 1 aromatic heterocycles. The van der Waals surface area contributed by atoms with E-state index in [1.807, 2.05) is 7.05 Å². The van der Waals surface area contributed by atoms with E-state index in [1.54, 1.807) is 4.68 Å². The molecule has 1 aromatic carbocycles. The predicted octanol–water partition coefficient (Wildman–Crippen LogP) is 2.11. The van der Waals surface area contributed by atoms with Crippen LogP contribution >= 0.6 is 0 Å². The van der Waals surface area contributed by atoms with E-state index in [4.69, 9.17) is 0 Å². The fraction of sp³-hybridized carbons (Fsp3) is 0.533. The lowest BCUT2D eigenvalue weighted by molar-refractivity contribution is -0.137. The fourth-order valence-electron chi connectivity index (χ4n) is 2.98. The van der Waals surface area contributed by atoms with E-state index in [0.29, 0.717) is 0 Å². The number of halogens is 3. The van der Waals surface area contributed by atoms with Crippen LogP contribution in [0.25, 0.3) is 0 Å². The molecule has 1 saturated heterocycles. The molecule has 0 spiro atoms. The molecule has 2 heterocycles. The number of rotatable bonds is 3. The second-order valence-electron chi connectivity index (χ2n) is 5.90. The van der Waals surface area contributed by atoms with Crippen LogP contribution in [-0.4, -0.2) is 51.3 Å². The van der Waals surface area contributed by atoms with Crippen molar-refractivity contribution in [2.75, 3.05) is 31.1 Å². The average molecular weight is 340 g/mol. The molecule has 0 bridgehead atoms. The van der Waals surface area contributed by atoms with Crippen molar-refractivity contribution in [1.29, 1.82) is 0 Å². The van der Waals surface area contributed by atoms with Gasteiger partial charge in [0.15, 0.2) is 5.82 Å². The molecule has 0 aliphatic carbocycles. The first-order chi connectivity index (χ1) is 11.4. The van der Waals surface area contributed by atoms with Gasteiger partial charge < -0.3 is 4.90 Å². The Hall–Kier alpha value is -2.16. The minimum Gasteiger partial charge on any atom is -0.369 e. The number of piperazine rings is 1. The Kier molecular flexibility index (Phi) is 4.44. The summed E-state index contributed by atoms with van der Waals surface area (Å²) in [6, 6.07) is 5.44. The summed E-state index contributed by atoms with van der Waals surface area (Å²) in [6.07, 6.45) is -4.29. The van der Waals surface area contributed by atoms with Gasteiger partial charge >= 0.3 is 6.18 Å². The Morgan fingerprint density at radius 3 is 2.17 bits per heavy atom. The number of hydrogen-bond acceptors (Lipinski definition) is 5. The first-order valence-electron chi connectivity index (χ1n) is 7.75. The monoisotopic (exact) mass is 340 g/mol. The van der Waals surface area contributed by atoms with Crippen LogP contribution in [-0.2, 0) is 13.2 Å². The van der Waals surface area contributed by atoms with Crippen molar-refractivity contribution in [2.45, 2.75) is 19.1 Å². The molecule has 1 unspecified atom stereocenters. The van der Waals surface area contributed by atoms with Gasteiger partial charge in [-0.1, -0.05) is 0 Å². The highest BCUT2D eigenvalue weighted by molar-refractivity contribution is 5.48. The zero-order valence-corrected chi connectivity index (χ0v) is 13.5. The van der Waals surface area contributed by atoms with Gasteiger partial charge in [-0.25, -0.2) is 4.68 Å². The Morgan fingerprint density at radius 2 is 1.67 bits per heavy atom. The summed E-state index contributed by atoms with van der Waals surface area (Å²) in [5.74, 6) is 0.804. The van der Waals surface area contributed by atoms with Crippen LogP contribution in [0.3, 0.4) is 0 Å². The van der Waals surface area contributed by atoms with E-state index in [9.17, 15) is 13.2 Å². The van der Waals surface area contributed by atoms with Crippen LogP contribution in [0.5, 0.6) is 0 Å². The van der Waals surface area contributed by atoms with Crippen molar-refractivity contribution in [3.05, 3.63) is 35.7 Å². The van der Waals surface area contributed by atoms with Crippen LogP contribution in [0.2, 0.25) is 0 Å². The van der Waals surface area contributed by atoms with Crippen LogP contribution in [0.1, 0.15) is 24.4 Å². The highest BCUT2D eigenvalue weighted by Crippen LogP contribution is 2.31. The van der Waals surface area contributed by atoms with Gasteiger partial charge in [-0.2, -0.15) is 13.2 Å². The molecule has 1 aliphatic rings. The Balaban J connectivity index is 1.62. The first-order valence-corrected chi connectivity index (χ1v) is 7.75. The zero-order valence-electron chi connectivity index (χ0n) is 13.5. The highest BCUT2D eigenvalue weighted by atomic mass is 19.4. The van der Waals surface area contributed by atoms with Crippen LogP contribution in [0.4, 0.5) is 18.9 Å². The Bertz CT molecular complexity index is 673. The third-order valence-corrected chi connectivity index (χ3v) is 4.45. The molecule has 9 heteroatoms. The maximum absolute atomic E-state index is 12.6. The van der Waals surface area contributed by atoms with Gasteiger partial charge in [0.2, 0.25) is 0 Å². The standard InChI is InChI=1S/C15H19F3N6/c1-11(14-19-20-21-22(14)2)23-7-9-24(10-8-23)13-5-3-12(4-6-13)15(16,17)18/h3-6,11H,7-10H2,1-2H3. The average Bonchev–Trinajstić information content (AvgIpc) is 3.00. The summed E-state index contributed by atoms with van der Waals surface area (Å²) in [4.78, 5) is 4.37. The van der Waals surface area contributed by atoms with Gasteiger partial charge in [0.1, 0.15) is 0 Å². The van der Waals surface area contributed by atoms with Gasteiger partial charge in [-0.15, -0.1) is 5.10 Å². The zero-order chi connectivity index (χ0) is 17.3. The molecule has 2 aromatic rings. The summed E-state index contributed by atoms with van der Waals surface area (Å²) in [6.45, 7) is 5.16. The Morgan fingerprint density at radius 1 is 1.04 bits per heavy atom. The van der Waals surface area contributed by atoms with E-state index in [2.05, 4.69) is 32.2 Å². The summed E-state index contributed by atoms with van der Waals surface area (Å²) >= 11 is 0. The van der Waals surface area contributed by atoms with Crippen LogP contribution < -0.4 is 4.90 Å². The van der Waals surface area contributed by atoms with Crippen LogP contribution in [0.15, 0.2) is 24.3 Å². The van der Waals surface area contributed by atoms with Crippen molar-refractivity contribution in [2.24, 2.45) is 7.05 Å². The maximum atomic E-state index is 12.6. The van der Waals surface area contributed by atoms with Gasteiger partial charge in [0.05, 0.1) is 11.6 Å². The van der Waals surface area contributed by atoms with E-state index >= 15 is 0 Å². The molecule has 1 fully saturated rings. The number of alkyl halides is 3. The number of nitrogens with zero attached hydrogens (tertiary/aromatic N) is 6. The normalized spacial score (nSPS) is 18.0. The number of aromatic nitrogens is 4. The molecule has 24 heavy (non-hydrogen) atoms. The van der Waals surface area contributed by atoms with Gasteiger partial charge in [-0.05, 0) is 41.6 Å². The molecule has 0 radical (unpaired) electrons. The van der Waals surface area contributed by atoms with E-state index < -0.39 is 11.7 Å². The number of tetrazole rings is 1. The van der Waals surface area contributed by atoms with Gasteiger partial charge in [-0.3, -0.25) is 4.90 Å². The fourth-order valence-corrected chi connectivity index (χ4v) is 2.98. The third-order valence-electron chi connectivity index (χ3n) is 4.45. The summed E-state index contributed by atoms with van der Waals surface area (Å²) < 4.78 is 39.6. The second kappa shape index (κ2) is 6.39. The molecule has 130 valence electrons. The molecule has 0 saturated carbocycles. The minimum absolute atomic E-state index is 0.0970. The van der Waals surface area contributed by atoms with Crippen molar-refractivity contribution in [1.82, 2.24) is 25.1 Å². The molecule has 1 atom stereocenters. The summed E-state index contributed by atoms with van der Waals surface area (Å²) in [7, 11) is 1.81. The highest BCUT2D eigenvalue weighted by Gasteiger charge is 2.30. The lowest BCUT2D eigenvalue weighted by Gasteiger charge is -2.38. The van der Waals surface area contributed by atoms with E-state index in [-0.39, 0.29) is 6.04 Å². The molecular weight excluding hydrogens is 321 g/mol. The topological polar surface area (TPSA) is 50.1 Å². The van der Waals surface area contributed by atoms with Crippen molar-refractivity contribution < 1.29 is 13.2 Å². The van der Waals surface area contributed by atoms with E-state index in [0.717, 1.165) is 49.8 Å². The number of aryl methyl sites for hydroxylation is 1. The maximum Gasteiger partial charge on any atom is 0.416 e. The van der Waals surface area contributed by atoms with E-state index in [1.165, 1.54) is 12.1 Å². The molecule has 0 amide bonds. The van der Waals surface area contributed by atoms with Crippen molar-refractivity contribution in [3.63, 3.8) is 0 Å². The summed E-state index contributed by atoms with van der Waals surface area (Å²) in [5, 5.41) is 11.6. The largest absolute Gasteiger partial charge is 0.416 e. The molecule has 3 rings (SSSR count). The quantitative estimate of drug-likeness (QED) is 0.857. The minimum atomic E-state index is -4.29. The lowest BCUT2D eigenvalue weighted by atomic mass is 10.1. The molecule has 6 nitrogen and oxygen atoms in total. The molecule has 0 N–H and O–H groups in total. The molecule has 1 aliphatic heterocycles. The van der Waals surface area contributed by atoms with Crippen LogP contribution in [0, 0.1) is 0 Å². The predicted molar refractivity (Wildman–Crippen MR) is 82.4 cm³/mol. The van der Waals surface area contributed by atoms with Crippen molar-refractivity contribution in [3.8, 4) is 0 Å². The number of anilines is 1. The lowest BCUT2D eigenvalue weighted by Crippen LogP contribution is -2.47. The Labute approximate surface area is 137 Å². The van der Waals surface area contributed by atoms with Crippen molar-refractivity contribution >= 4 is 5.69 Å². The first kappa shape index (κ1) is 16.7. The third kappa shape index (κ3) is 3.35. The smallest absolute Gasteiger partial charge is 0.369 e. The van der Waals surface area contributed by atoms with Gasteiger partial charge in [0, 0.05) is 38.9 Å².